The van der Waals surface area contributed by atoms with Gasteiger partial charge < -0.3 is 10.2 Å². The van der Waals surface area contributed by atoms with Crippen molar-refractivity contribution in [2.75, 3.05) is 38.5 Å². The van der Waals surface area contributed by atoms with Crippen LogP contribution in [0, 0.1) is 5.92 Å². The van der Waals surface area contributed by atoms with Crippen LogP contribution in [-0.4, -0.2) is 61.9 Å². The Balaban J connectivity index is 1.63. The van der Waals surface area contributed by atoms with Crippen LogP contribution in [0.4, 0.5) is 5.82 Å². The van der Waals surface area contributed by atoms with Gasteiger partial charge in [-0.2, -0.15) is 4.31 Å². The highest BCUT2D eigenvalue weighted by Crippen LogP contribution is 2.28. The lowest BCUT2D eigenvalue weighted by atomic mass is 9.84. The van der Waals surface area contributed by atoms with Gasteiger partial charge in [-0.1, -0.05) is 26.2 Å². The Morgan fingerprint density at radius 2 is 1.96 bits per heavy atom. The third kappa shape index (κ3) is 4.51. The Bertz CT molecular complexity index is 654. The van der Waals surface area contributed by atoms with Gasteiger partial charge >= 0.3 is 0 Å². The summed E-state index contributed by atoms with van der Waals surface area (Å²) in [5.74, 6) is 1.57. The Hall–Kier alpha value is -1.18. The highest BCUT2D eigenvalue weighted by Gasteiger charge is 2.28. The number of pyridine rings is 1. The standard InChI is InChI=1S/C18H30N4O2S/c1-3-15-5-4-6-16(13-15)20-18-8-7-17(14-19-18)25(23,24)22-11-9-21(2)10-12-22/h7-8,14-16H,3-6,9-13H2,1-2H3,(H,19,20). The summed E-state index contributed by atoms with van der Waals surface area (Å²) in [5.41, 5.74) is 0. The first-order valence-electron chi connectivity index (χ1n) is 9.40. The number of anilines is 1. The van der Waals surface area contributed by atoms with Crippen molar-refractivity contribution >= 4 is 15.8 Å². The van der Waals surface area contributed by atoms with Crippen molar-refractivity contribution in [3.05, 3.63) is 18.3 Å². The molecule has 0 aromatic carbocycles. The molecule has 2 heterocycles. The minimum atomic E-state index is -3.43. The van der Waals surface area contributed by atoms with Crippen LogP contribution in [0.1, 0.15) is 39.0 Å². The van der Waals surface area contributed by atoms with Gasteiger partial charge in [-0.25, -0.2) is 13.4 Å². The molecule has 0 amide bonds. The molecule has 1 aliphatic heterocycles. The molecule has 2 atom stereocenters. The molecule has 25 heavy (non-hydrogen) atoms. The van der Waals surface area contributed by atoms with Gasteiger partial charge in [0.05, 0.1) is 0 Å². The molecule has 2 fully saturated rings. The first-order valence-corrected chi connectivity index (χ1v) is 10.8. The van der Waals surface area contributed by atoms with E-state index in [0.29, 0.717) is 19.1 Å². The normalized spacial score (nSPS) is 26.5. The molecular formula is C18H30N4O2S. The Labute approximate surface area is 151 Å². The molecule has 0 spiro atoms. The highest BCUT2D eigenvalue weighted by molar-refractivity contribution is 7.89. The first kappa shape index (κ1) is 18.6. The third-order valence-corrected chi connectivity index (χ3v) is 7.43. The minimum Gasteiger partial charge on any atom is -0.367 e. The van der Waals surface area contributed by atoms with E-state index in [-0.39, 0.29) is 4.90 Å². The van der Waals surface area contributed by atoms with Crippen molar-refractivity contribution in [3.8, 4) is 0 Å². The van der Waals surface area contributed by atoms with Crippen LogP contribution in [0.2, 0.25) is 0 Å². The fourth-order valence-corrected chi connectivity index (χ4v) is 5.17. The maximum atomic E-state index is 12.7. The van der Waals surface area contributed by atoms with E-state index in [1.165, 1.54) is 38.3 Å². The summed E-state index contributed by atoms with van der Waals surface area (Å²) in [6, 6.07) is 3.94. The van der Waals surface area contributed by atoms with Crippen LogP contribution in [0.25, 0.3) is 0 Å². The summed E-state index contributed by atoms with van der Waals surface area (Å²) >= 11 is 0. The number of hydrogen-bond acceptors (Lipinski definition) is 5. The van der Waals surface area contributed by atoms with Gasteiger partial charge in [-0.3, -0.25) is 0 Å². The molecule has 0 bridgehead atoms. The van der Waals surface area contributed by atoms with Gasteiger partial charge in [-0.15, -0.1) is 0 Å². The number of piperazine rings is 1. The molecule has 1 aliphatic carbocycles. The van der Waals surface area contributed by atoms with E-state index in [1.54, 1.807) is 16.4 Å². The largest absolute Gasteiger partial charge is 0.367 e. The highest BCUT2D eigenvalue weighted by atomic mass is 32.2. The van der Waals surface area contributed by atoms with Crippen LogP contribution in [0.15, 0.2) is 23.2 Å². The number of rotatable bonds is 5. The van der Waals surface area contributed by atoms with Gasteiger partial charge in [0, 0.05) is 38.4 Å². The summed E-state index contributed by atoms with van der Waals surface area (Å²) < 4.78 is 27.0. The van der Waals surface area contributed by atoms with Crippen molar-refractivity contribution in [1.82, 2.24) is 14.2 Å². The summed E-state index contributed by atoms with van der Waals surface area (Å²) in [4.78, 5) is 6.81. The quantitative estimate of drug-likeness (QED) is 0.867. The molecule has 1 aromatic heterocycles. The molecule has 7 heteroatoms. The van der Waals surface area contributed by atoms with Gasteiger partial charge in [0.1, 0.15) is 10.7 Å². The number of aromatic nitrogens is 1. The number of sulfonamides is 1. The van der Waals surface area contributed by atoms with Crippen molar-refractivity contribution in [3.63, 3.8) is 0 Å². The lowest BCUT2D eigenvalue weighted by Crippen LogP contribution is -2.47. The topological polar surface area (TPSA) is 65.5 Å². The smallest absolute Gasteiger partial charge is 0.244 e. The summed E-state index contributed by atoms with van der Waals surface area (Å²) in [6.45, 7) is 4.88. The summed E-state index contributed by atoms with van der Waals surface area (Å²) in [5, 5.41) is 3.48. The first-order chi connectivity index (χ1) is 12.0. The monoisotopic (exact) mass is 366 g/mol. The van der Waals surface area contributed by atoms with Crippen LogP contribution >= 0.6 is 0 Å². The van der Waals surface area contributed by atoms with E-state index in [0.717, 1.165) is 24.8 Å². The van der Waals surface area contributed by atoms with Gasteiger partial charge in [0.15, 0.2) is 0 Å². The zero-order valence-corrected chi connectivity index (χ0v) is 16.1. The van der Waals surface area contributed by atoms with Crippen LogP contribution in [0.5, 0.6) is 0 Å². The average Bonchev–Trinajstić information content (AvgIpc) is 2.63. The van der Waals surface area contributed by atoms with E-state index in [2.05, 4.69) is 22.1 Å². The molecule has 1 saturated heterocycles. The number of nitrogens with one attached hydrogen (secondary N) is 1. The SMILES string of the molecule is CCC1CCCC(Nc2ccc(S(=O)(=O)N3CCN(C)CC3)cn2)C1. The minimum absolute atomic E-state index is 0.290. The van der Waals surface area contributed by atoms with Crippen LogP contribution in [0.3, 0.4) is 0 Å². The second kappa shape index (κ2) is 8.01. The maximum Gasteiger partial charge on any atom is 0.244 e. The molecule has 1 saturated carbocycles. The molecule has 2 unspecified atom stereocenters. The average molecular weight is 367 g/mol. The van der Waals surface area contributed by atoms with Gasteiger partial charge in [0.2, 0.25) is 10.0 Å². The second-order valence-corrected chi connectivity index (χ2v) is 9.31. The molecule has 3 rings (SSSR count). The molecule has 1 aromatic rings. The zero-order chi connectivity index (χ0) is 17.9. The molecule has 140 valence electrons. The van der Waals surface area contributed by atoms with E-state index in [1.807, 2.05) is 7.05 Å². The molecule has 0 radical (unpaired) electrons. The zero-order valence-electron chi connectivity index (χ0n) is 15.3. The molecule has 2 aliphatic rings. The second-order valence-electron chi connectivity index (χ2n) is 7.37. The van der Waals surface area contributed by atoms with Crippen molar-refractivity contribution in [2.45, 2.75) is 50.0 Å². The Kier molecular flexibility index (Phi) is 5.96. The van der Waals surface area contributed by atoms with E-state index < -0.39 is 10.0 Å². The van der Waals surface area contributed by atoms with E-state index in [9.17, 15) is 8.42 Å². The number of hydrogen-bond donors (Lipinski definition) is 1. The molecule has 6 nitrogen and oxygen atoms in total. The molecule has 1 N–H and O–H groups in total. The predicted octanol–water partition coefficient (Wildman–Crippen LogP) is 2.40. The lowest BCUT2D eigenvalue weighted by molar-refractivity contribution is 0.222. The lowest BCUT2D eigenvalue weighted by Gasteiger charge is -2.31. The van der Waals surface area contributed by atoms with Crippen molar-refractivity contribution in [1.29, 1.82) is 0 Å². The molecular weight excluding hydrogens is 336 g/mol. The van der Waals surface area contributed by atoms with E-state index in [4.69, 9.17) is 0 Å². The number of nitrogens with zero attached hydrogens (tertiary/aromatic N) is 3. The van der Waals surface area contributed by atoms with E-state index >= 15 is 0 Å². The van der Waals surface area contributed by atoms with Crippen molar-refractivity contribution < 1.29 is 8.42 Å². The Morgan fingerprint density at radius 1 is 1.20 bits per heavy atom. The van der Waals surface area contributed by atoms with Gasteiger partial charge in [0.25, 0.3) is 0 Å². The maximum absolute atomic E-state index is 12.7. The predicted molar refractivity (Wildman–Crippen MR) is 100 cm³/mol. The fraction of sp³-hybridized carbons (Fsp3) is 0.722. The van der Waals surface area contributed by atoms with Crippen LogP contribution < -0.4 is 5.32 Å². The summed E-state index contributed by atoms with van der Waals surface area (Å²) in [6.07, 6.45) is 7.65. The Morgan fingerprint density at radius 3 is 2.60 bits per heavy atom. The summed E-state index contributed by atoms with van der Waals surface area (Å²) in [7, 11) is -1.42. The van der Waals surface area contributed by atoms with Crippen molar-refractivity contribution in [2.24, 2.45) is 5.92 Å². The van der Waals surface area contributed by atoms with Gasteiger partial charge in [-0.05, 0) is 37.9 Å². The third-order valence-electron chi connectivity index (χ3n) is 5.55. The number of likely N-dealkylation sites (N-methyl/N-ethyl adjacent to an activating group) is 1. The fourth-order valence-electron chi connectivity index (χ4n) is 3.80. The van der Waals surface area contributed by atoms with Crippen LogP contribution in [-0.2, 0) is 10.0 Å².